The number of amides is 1. The Morgan fingerprint density at radius 2 is 1.86 bits per heavy atom. The van der Waals surface area contributed by atoms with Gasteiger partial charge in [-0.1, -0.05) is 54.1 Å². The average molecular weight is 297 g/mol. The lowest BCUT2D eigenvalue weighted by Crippen LogP contribution is -2.07. The van der Waals surface area contributed by atoms with E-state index in [2.05, 4.69) is 10.3 Å². The number of hydrogen-bond donors (Lipinski definition) is 1. The smallest absolute Gasteiger partial charge is 0.222 e. The number of benzene rings is 2. The van der Waals surface area contributed by atoms with Crippen LogP contribution in [0.4, 0.5) is 5.82 Å². The van der Waals surface area contributed by atoms with Gasteiger partial charge < -0.3 is 5.32 Å². The van der Waals surface area contributed by atoms with Crippen molar-refractivity contribution in [3.8, 4) is 11.1 Å². The molecule has 3 aromatic rings. The van der Waals surface area contributed by atoms with Crippen molar-refractivity contribution in [1.29, 1.82) is 0 Å². The summed E-state index contributed by atoms with van der Waals surface area (Å²) in [5, 5.41) is 4.25. The van der Waals surface area contributed by atoms with E-state index in [1.54, 1.807) is 6.07 Å². The van der Waals surface area contributed by atoms with E-state index in [9.17, 15) is 4.79 Å². The maximum atomic E-state index is 11.3. The lowest BCUT2D eigenvalue weighted by molar-refractivity contribution is -0.114. The predicted octanol–water partition coefficient (Wildman–Crippen LogP) is 4.51. The van der Waals surface area contributed by atoms with Gasteiger partial charge in [-0.15, -0.1) is 0 Å². The summed E-state index contributed by atoms with van der Waals surface area (Å²) in [6.45, 7) is 1.46. The van der Waals surface area contributed by atoms with Gasteiger partial charge in [-0.2, -0.15) is 0 Å². The van der Waals surface area contributed by atoms with Crippen LogP contribution in [0.3, 0.4) is 0 Å². The second kappa shape index (κ2) is 5.54. The molecule has 0 radical (unpaired) electrons. The van der Waals surface area contributed by atoms with Crippen LogP contribution in [0.15, 0.2) is 54.6 Å². The number of aromatic nitrogens is 1. The van der Waals surface area contributed by atoms with E-state index in [1.165, 1.54) is 6.92 Å². The van der Waals surface area contributed by atoms with E-state index in [0.717, 1.165) is 16.5 Å². The monoisotopic (exact) mass is 296 g/mol. The fourth-order valence-electron chi connectivity index (χ4n) is 2.31. The summed E-state index contributed by atoms with van der Waals surface area (Å²) in [4.78, 5) is 15.7. The van der Waals surface area contributed by atoms with E-state index in [4.69, 9.17) is 11.6 Å². The van der Waals surface area contributed by atoms with Crippen molar-refractivity contribution in [2.45, 2.75) is 6.92 Å². The highest BCUT2D eigenvalue weighted by molar-refractivity contribution is 6.35. The number of pyridine rings is 1. The van der Waals surface area contributed by atoms with E-state index in [0.29, 0.717) is 16.4 Å². The van der Waals surface area contributed by atoms with Gasteiger partial charge in [-0.05, 0) is 23.3 Å². The summed E-state index contributed by atoms with van der Waals surface area (Å²) in [5.41, 5.74) is 2.73. The minimum Gasteiger partial charge on any atom is -0.311 e. The predicted molar refractivity (Wildman–Crippen MR) is 86.5 cm³/mol. The first kappa shape index (κ1) is 13.6. The molecule has 1 heterocycles. The van der Waals surface area contributed by atoms with Gasteiger partial charge >= 0.3 is 0 Å². The highest BCUT2D eigenvalue weighted by atomic mass is 35.5. The number of fused-ring (bicyclic) bond motifs is 1. The largest absolute Gasteiger partial charge is 0.311 e. The molecule has 2 aromatic carbocycles. The summed E-state index contributed by atoms with van der Waals surface area (Å²) in [5.74, 6) is 0.342. The number of carbonyl (C=O) groups excluding carboxylic acids is 1. The van der Waals surface area contributed by atoms with Crippen LogP contribution in [-0.4, -0.2) is 10.9 Å². The quantitative estimate of drug-likeness (QED) is 0.756. The first-order valence-corrected chi connectivity index (χ1v) is 6.95. The summed E-state index contributed by atoms with van der Waals surface area (Å²) < 4.78 is 0. The van der Waals surface area contributed by atoms with Crippen LogP contribution >= 0.6 is 11.6 Å². The number of para-hydroxylation sites is 1. The van der Waals surface area contributed by atoms with Crippen molar-refractivity contribution in [3.63, 3.8) is 0 Å². The summed E-state index contributed by atoms with van der Waals surface area (Å²) in [6.07, 6.45) is 0. The van der Waals surface area contributed by atoms with Crippen LogP contribution in [0.1, 0.15) is 6.92 Å². The molecule has 0 aliphatic carbocycles. The molecule has 0 aliphatic heterocycles. The van der Waals surface area contributed by atoms with Gasteiger partial charge in [0.2, 0.25) is 5.91 Å². The second-order valence-corrected chi connectivity index (χ2v) is 5.15. The van der Waals surface area contributed by atoms with Crippen LogP contribution in [0.25, 0.3) is 22.0 Å². The fraction of sp³-hybridized carbons (Fsp3) is 0.0588. The van der Waals surface area contributed by atoms with Gasteiger partial charge in [0.25, 0.3) is 0 Å². The molecule has 4 heteroatoms. The zero-order valence-electron chi connectivity index (χ0n) is 11.4. The highest BCUT2D eigenvalue weighted by Gasteiger charge is 2.10. The third kappa shape index (κ3) is 2.73. The highest BCUT2D eigenvalue weighted by Crippen LogP contribution is 2.33. The molecule has 3 rings (SSSR count). The zero-order chi connectivity index (χ0) is 14.8. The van der Waals surface area contributed by atoms with Crippen molar-refractivity contribution in [2.75, 3.05) is 5.32 Å². The standard InChI is InChI=1S/C17H13ClN2O/c1-11(21)19-16-10-14(12-6-3-2-4-7-12)13-8-5-9-15(18)17(13)20-16/h2-10H,1H3,(H,19,20,21). The van der Waals surface area contributed by atoms with Crippen LogP contribution in [0.2, 0.25) is 5.02 Å². The molecule has 1 amide bonds. The molecule has 0 unspecified atom stereocenters. The topological polar surface area (TPSA) is 42.0 Å². The Morgan fingerprint density at radius 3 is 2.57 bits per heavy atom. The number of nitrogens with one attached hydrogen (secondary N) is 1. The van der Waals surface area contributed by atoms with Crippen molar-refractivity contribution in [1.82, 2.24) is 4.98 Å². The third-order valence-corrected chi connectivity index (χ3v) is 3.48. The molecule has 0 spiro atoms. The molecule has 0 saturated carbocycles. The first-order chi connectivity index (χ1) is 10.1. The molecule has 21 heavy (non-hydrogen) atoms. The minimum atomic E-state index is -0.159. The Bertz CT molecular complexity index is 816. The molecular weight excluding hydrogens is 284 g/mol. The summed E-state index contributed by atoms with van der Waals surface area (Å²) in [7, 11) is 0. The van der Waals surface area contributed by atoms with Crippen molar-refractivity contribution in [3.05, 3.63) is 59.6 Å². The Labute approximate surface area is 127 Å². The van der Waals surface area contributed by atoms with E-state index in [1.807, 2.05) is 48.5 Å². The van der Waals surface area contributed by atoms with Crippen molar-refractivity contribution >= 4 is 34.2 Å². The summed E-state index contributed by atoms with van der Waals surface area (Å²) >= 11 is 6.25. The maximum Gasteiger partial charge on any atom is 0.222 e. The minimum absolute atomic E-state index is 0.159. The number of hydrogen-bond acceptors (Lipinski definition) is 2. The third-order valence-electron chi connectivity index (χ3n) is 3.18. The normalized spacial score (nSPS) is 10.6. The number of nitrogens with zero attached hydrogens (tertiary/aromatic N) is 1. The van der Waals surface area contributed by atoms with Gasteiger partial charge in [-0.3, -0.25) is 4.79 Å². The lowest BCUT2D eigenvalue weighted by Gasteiger charge is -2.11. The van der Waals surface area contributed by atoms with Crippen LogP contribution in [0, 0.1) is 0 Å². The lowest BCUT2D eigenvalue weighted by atomic mass is 10.0. The number of carbonyl (C=O) groups is 1. The van der Waals surface area contributed by atoms with E-state index < -0.39 is 0 Å². The average Bonchev–Trinajstić information content (AvgIpc) is 2.48. The molecule has 0 aliphatic rings. The van der Waals surface area contributed by atoms with E-state index >= 15 is 0 Å². The van der Waals surface area contributed by atoms with Gasteiger partial charge in [0, 0.05) is 12.3 Å². The summed E-state index contributed by atoms with van der Waals surface area (Å²) in [6, 6.07) is 17.5. The Hall–Kier alpha value is -2.39. The first-order valence-electron chi connectivity index (χ1n) is 6.57. The fourth-order valence-corrected chi connectivity index (χ4v) is 2.53. The van der Waals surface area contributed by atoms with Gasteiger partial charge in [0.1, 0.15) is 5.82 Å². The van der Waals surface area contributed by atoms with E-state index in [-0.39, 0.29) is 5.91 Å². The molecule has 1 aromatic heterocycles. The van der Waals surface area contributed by atoms with Gasteiger partial charge in [0.15, 0.2) is 0 Å². The Morgan fingerprint density at radius 1 is 1.10 bits per heavy atom. The molecule has 0 bridgehead atoms. The molecule has 104 valence electrons. The molecule has 1 N–H and O–H groups in total. The molecule has 0 saturated heterocycles. The number of anilines is 1. The Kier molecular flexibility index (Phi) is 3.59. The maximum absolute atomic E-state index is 11.3. The van der Waals surface area contributed by atoms with Crippen molar-refractivity contribution in [2.24, 2.45) is 0 Å². The van der Waals surface area contributed by atoms with Crippen molar-refractivity contribution < 1.29 is 4.79 Å². The molecular formula is C17H13ClN2O. The van der Waals surface area contributed by atoms with Gasteiger partial charge in [0.05, 0.1) is 10.5 Å². The van der Waals surface area contributed by atoms with Crippen LogP contribution in [0.5, 0.6) is 0 Å². The molecule has 3 nitrogen and oxygen atoms in total. The van der Waals surface area contributed by atoms with Crippen LogP contribution < -0.4 is 5.32 Å². The number of rotatable bonds is 2. The van der Waals surface area contributed by atoms with Crippen LogP contribution in [-0.2, 0) is 4.79 Å². The zero-order valence-corrected chi connectivity index (χ0v) is 12.2. The Balaban J connectivity index is 2.30. The molecule has 0 atom stereocenters. The SMILES string of the molecule is CC(=O)Nc1cc(-c2ccccc2)c2cccc(Cl)c2n1. The van der Waals surface area contributed by atoms with Gasteiger partial charge in [-0.25, -0.2) is 4.98 Å². The second-order valence-electron chi connectivity index (χ2n) is 4.74. The molecule has 0 fully saturated rings. The number of halogens is 1.